The quantitative estimate of drug-likeness (QED) is 0.0792. The minimum absolute atomic E-state index is 0. The maximum absolute atomic E-state index is 8.67. The van der Waals surface area contributed by atoms with E-state index in [1.165, 1.54) is 0 Å². The zero-order valence-corrected chi connectivity index (χ0v) is 147. The zero-order chi connectivity index (χ0) is 21.5. The van der Waals surface area contributed by atoms with E-state index in [0.717, 1.165) is 0 Å². The summed E-state index contributed by atoms with van der Waals surface area (Å²) in [5, 5.41) is 0. The van der Waals surface area contributed by atoms with Gasteiger partial charge in [-0.05, 0) is 0 Å². The Bertz CT molecular complexity index is 314. The predicted molar refractivity (Wildman–Crippen MR) is 80.4 cm³/mol. The molecular weight excluding hydrogens is 1490 g/mol. The van der Waals surface area contributed by atoms with Gasteiger partial charge in [0.2, 0.25) is 0 Å². The van der Waals surface area contributed by atoms with Gasteiger partial charge in [-0.1, -0.05) is 0 Å². The van der Waals surface area contributed by atoms with E-state index in [1.54, 1.807) is 0 Å². The molecule has 0 fully saturated rings. The van der Waals surface area contributed by atoms with E-state index in [4.69, 9.17) is 79.9 Å². The summed E-state index contributed by atoms with van der Waals surface area (Å²) >= 11 is -15.7. The number of hydrogen-bond donors (Lipinski definition) is 12. The Labute approximate surface area is 1400 Å². The summed E-state index contributed by atoms with van der Waals surface area (Å²) in [6.07, 6.45) is 0. The van der Waals surface area contributed by atoms with E-state index < -0.39 is 68.2 Å². The predicted octanol–water partition coefficient (Wildman–Crippen LogP) is -134. The first kappa shape index (κ1) is 358. The molecule has 0 bridgehead atoms. The van der Waals surface area contributed by atoms with Crippen LogP contribution in [0.4, 0.5) is 0 Å². The van der Waals surface area contributed by atoms with Gasteiger partial charge in [0.15, 0.2) is 0 Å². The Balaban J connectivity index is -0.00000000105. The van der Waals surface area contributed by atoms with Crippen molar-refractivity contribution in [2.45, 2.75) is 0 Å². The second kappa shape index (κ2) is 349. The van der Waals surface area contributed by atoms with Crippen molar-refractivity contribution in [3.63, 3.8) is 0 Å². The zero-order valence-electron chi connectivity index (χ0n) is 54.3. The van der Waals surface area contributed by atoms with Gasteiger partial charge >= 0.3 is 1300 Å². The maximum Gasteiger partial charge on any atom is 1.00 e. The van der Waals surface area contributed by atoms with Crippen LogP contribution in [0, 0.1) is 0 Å². The maximum atomic E-state index is 8.67. The molecule has 156 valence electrons. The van der Waals surface area contributed by atoms with E-state index in [2.05, 4.69) is 0 Å². The van der Waals surface area contributed by atoms with Crippen LogP contribution in [0.1, 0.15) is 0 Å². The summed E-state index contributed by atoms with van der Waals surface area (Å²) in [7, 11) is 0. The normalized spacial score (nSPS) is 3.09. The first-order valence-electron chi connectivity index (χ1n) is 3.19. The van der Waals surface area contributed by atoms with Crippen LogP contribution in [0.15, 0.2) is 0 Å². The van der Waals surface area contributed by atoms with Crippen LogP contribution >= 0.6 is 0 Å². The van der Waals surface area contributed by atoms with Crippen molar-refractivity contribution < 1.29 is 1380 Å². The average molecular weight is 1500 g/mol. The first-order chi connectivity index (χ1) is 10.4. The largest absolute Gasteiger partial charge is 1.00 e. The molecule has 0 aromatic heterocycles. The topological polar surface area (TPSA) is 345 Å². The fraction of sp³-hybridized carbons (Fsp3) is 0. The SMILES string of the molecule is O=S(O)O.O=S(O)O.O=S(O)O.O=S(O)O.O=S(O)O.O=S(O)O.[Na+].[Na+].[Na+].[Na+].[Na+].[Na+].[Na+].[Na+].[Na+].[Na+].[Na+].[Na+].[Na+].[Na+].[Na+].[Na+].[Na+].[Na+].[Na+].[Na+].[Na+].[Na+].[Na+].[Na+].[Na+].[Na+].[Na+].[Na+].[Na+].[Na+].[Na+].[Na+].[Na+].[Na+].[Na+].[Na+].[Na+].[Na+].[Na+].[Na+].[Na+].[Na+].[Na+].[Na+]. The Morgan fingerprint density at radius 3 is 0.103 bits per heavy atom. The Morgan fingerprint density at radius 2 is 0.103 bits per heavy atom. The molecule has 0 atom stereocenters. The van der Waals surface area contributed by atoms with Gasteiger partial charge in [0.05, 0.1) is 0 Å². The molecule has 0 aliphatic carbocycles. The van der Waals surface area contributed by atoms with Crippen molar-refractivity contribution in [2.75, 3.05) is 0 Å². The van der Waals surface area contributed by atoms with Crippen LogP contribution in [0.2, 0.25) is 0 Å². The van der Waals surface area contributed by atoms with Crippen molar-refractivity contribution in [3.05, 3.63) is 0 Å². The van der Waals surface area contributed by atoms with Gasteiger partial charge < -0.3 is 0 Å². The summed E-state index contributed by atoms with van der Waals surface area (Å²) in [5.74, 6) is 0. The summed E-state index contributed by atoms with van der Waals surface area (Å²) < 4.78 is 137. The number of rotatable bonds is 0. The van der Waals surface area contributed by atoms with Crippen LogP contribution in [-0.4, -0.2) is 79.9 Å². The molecule has 68 heavy (non-hydrogen) atoms. The molecule has 0 aromatic carbocycles. The van der Waals surface area contributed by atoms with Crippen molar-refractivity contribution in [1.29, 1.82) is 0 Å². The standard InChI is InChI=1S/44Na.6H2O3S/c;;;;;;;;;;;;;;;;;;;;;;;;;;;;;;;;;;;;;;;;;;;;6*1-4(2)3/h;;;;;;;;;;;;;;;;;;;;;;;;;;;;;;;;;;;;;;;;;;;;6*(H2,1,2,3)/q44*+1;;;;;;. The molecule has 12 N–H and O–H groups in total. The van der Waals surface area contributed by atoms with E-state index in [9.17, 15) is 0 Å². The molecule has 0 unspecified atom stereocenters. The van der Waals surface area contributed by atoms with Crippen molar-refractivity contribution in [2.24, 2.45) is 0 Å². The summed E-state index contributed by atoms with van der Waals surface area (Å²) in [5.41, 5.74) is 0. The molecule has 0 radical (unpaired) electrons. The third-order valence-electron chi connectivity index (χ3n) is 0. The van der Waals surface area contributed by atoms with Crippen LogP contribution in [0.3, 0.4) is 0 Å². The fourth-order valence-electron chi connectivity index (χ4n) is 0. The smallest absolute Gasteiger partial charge is 0.284 e. The number of hydrogen-bond acceptors (Lipinski definition) is 6. The van der Waals surface area contributed by atoms with Crippen molar-refractivity contribution in [1.82, 2.24) is 0 Å². The van der Waals surface area contributed by atoms with E-state index in [0.29, 0.717) is 0 Å². The minimum atomic E-state index is -2.61. The van der Waals surface area contributed by atoms with Crippen molar-refractivity contribution >= 4 is 68.2 Å². The minimum Gasteiger partial charge on any atom is -0.284 e. The summed E-state index contributed by atoms with van der Waals surface area (Å²) in [4.78, 5) is 0. The van der Waals surface area contributed by atoms with E-state index in [1.807, 2.05) is 0 Å². The second-order valence-electron chi connectivity index (χ2n) is 1.38. The molecule has 0 rings (SSSR count). The molecular formula is H12Na44O18S6+44. The van der Waals surface area contributed by atoms with Gasteiger partial charge in [-0.15, -0.1) is 0 Å². The Kier molecular flexibility index (Phi) is 1840. The Morgan fingerprint density at radius 1 is 0.103 bits per heavy atom. The molecule has 0 saturated carbocycles. The van der Waals surface area contributed by atoms with Crippen LogP contribution < -0.4 is 1300 Å². The van der Waals surface area contributed by atoms with Crippen LogP contribution in [0.25, 0.3) is 0 Å². The molecule has 0 spiro atoms. The third kappa shape index (κ3) is 670. The molecule has 0 saturated heterocycles. The van der Waals surface area contributed by atoms with Gasteiger partial charge in [0.1, 0.15) is 0 Å². The average Bonchev–Trinajstić information content (AvgIpc) is 2.08. The molecule has 0 amide bonds. The molecule has 0 aromatic rings. The van der Waals surface area contributed by atoms with Crippen molar-refractivity contribution in [3.8, 4) is 0 Å². The molecule has 0 aliphatic heterocycles. The second-order valence-corrected chi connectivity index (χ2v) is 4.15. The molecule has 0 heterocycles. The van der Waals surface area contributed by atoms with E-state index >= 15 is 0 Å². The van der Waals surface area contributed by atoms with Gasteiger partial charge in [0, 0.05) is 0 Å². The van der Waals surface area contributed by atoms with Crippen LogP contribution in [0.5, 0.6) is 0 Å². The summed E-state index contributed by atoms with van der Waals surface area (Å²) in [6.45, 7) is 0. The third-order valence-corrected chi connectivity index (χ3v) is 0. The molecule has 0 aliphatic rings. The van der Waals surface area contributed by atoms with Gasteiger partial charge in [-0.3, -0.25) is 54.6 Å². The summed E-state index contributed by atoms with van der Waals surface area (Å²) in [6, 6.07) is 0. The van der Waals surface area contributed by atoms with Crippen LogP contribution in [-0.2, 0) is 68.2 Å². The van der Waals surface area contributed by atoms with Gasteiger partial charge in [-0.25, -0.2) is 0 Å². The van der Waals surface area contributed by atoms with E-state index in [-0.39, 0.29) is 1300 Å². The first-order valence-corrected chi connectivity index (χ1v) is 9.57. The van der Waals surface area contributed by atoms with Gasteiger partial charge in [0.25, 0.3) is 68.2 Å². The van der Waals surface area contributed by atoms with Gasteiger partial charge in [-0.2, -0.15) is 25.3 Å². The molecule has 18 nitrogen and oxygen atoms in total. The monoisotopic (exact) mass is 1500 g/mol. The molecule has 68 heteroatoms. The fourth-order valence-corrected chi connectivity index (χ4v) is 0. The Hall–Kier alpha value is 44.4.